The monoisotopic (exact) mass is 331 g/mol. The second kappa shape index (κ2) is 5.49. The van der Waals surface area contributed by atoms with Gasteiger partial charge in [0.2, 0.25) is 0 Å². The Hall–Kier alpha value is -1.48. The Kier molecular flexibility index (Phi) is 3.70. The maximum Gasteiger partial charge on any atom is 0.124 e. The van der Waals surface area contributed by atoms with Crippen molar-refractivity contribution in [1.82, 2.24) is 0 Å². The van der Waals surface area contributed by atoms with E-state index in [-0.39, 0.29) is 0 Å². The SMILES string of the molecule is Cc1cc(Br)cc(C)c1NC1CCOc2ccccc21. The second-order valence-corrected chi connectivity index (χ2v) is 6.20. The quantitative estimate of drug-likeness (QED) is 0.835. The minimum absolute atomic E-state index is 0.318. The molecule has 1 aliphatic heterocycles. The lowest BCUT2D eigenvalue weighted by atomic mass is 9.99. The normalized spacial score (nSPS) is 17.2. The Morgan fingerprint density at radius 3 is 2.60 bits per heavy atom. The molecule has 2 aromatic rings. The van der Waals surface area contributed by atoms with E-state index in [4.69, 9.17) is 4.74 Å². The van der Waals surface area contributed by atoms with Crippen molar-refractivity contribution in [1.29, 1.82) is 0 Å². The molecule has 0 amide bonds. The fourth-order valence-electron chi connectivity index (χ4n) is 2.80. The Labute approximate surface area is 128 Å². The summed E-state index contributed by atoms with van der Waals surface area (Å²) in [6, 6.07) is 12.9. The summed E-state index contributed by atoms with van der Waals surface area (Å²) < 4.78 is 6.85. The summed E-state index contributed by atoms with van der Waals surface area (Å²) in [5.41, 5.74) is 5.01. The van der Waals surface area contributed by atoms with Gasteiger partial charge in [-0.1, -0.05) is 34.1 Å². The number of ether oxygens (including phenoxy) is 1. The first-order chi connectivity index (χ1) is 9.65. The summed E-state index contributed by atoms with van der Waals surface area (Å²) in [6.45, 7) is 5.06. The number of aryl methyl sites for hydroxylation is 2. The average Bonchev–Trinajstić information content (AvgIpc) is 2.43. The van der Waals surface area contributed by atoms with Gasteiger partial charge in [0, 0.05) is 22.1 Å². The van der Waals surface area contributed by atoms with Gasteiger partial charge in [0.25, 0.3) is 0 Å². The van der Waals surface area contributed by atoms with Crippen LogP contribution in [0.1, 0.15) is 29.2 Å². The van der Waals surface area contributed by atoms with Gasteiger partial charge in [-0.15, -0.1) is 0 Å². The lowest BCUT2D eigenvalue weighted by Gasteiger charge is -2.28. The molecular weight excluding hydrogens is 314 g/mol. The van der Waals surface area contributed by atoms with Crippen molar-refractivity contribution in [2.75, 3.05) is 11.9 Å². The first-order valence-electron chi connectivity index (χ1n) is 6.90. The van der Waals surface area contributed by atoms with Crippen molar-refractivity contribution < 1.29 is 4.74 Å². The summed E-state index contributed by atoms with van der Waals surface area (Å²) in [7, 11) is 0. The molecule has 2 nitrogen and oxygen atoms in total. The van der Waals surface area contributed by atoms with Crippen LogP contribution in [0.15, 0.2) is 40.9 Å². The smallest absolute Gasteiger partial charge is 0.124 e. The Balaban J connectivity index is 1.94. The van der Waals surface area contributed by atoms with Gasteiger partial charge in [-0.05, 0) is 43.2 Å². The van der Waals surface area contributed by atoms with Crippen LogP contribution in [0, 0.1) is 13.8 Å². The fraction of sp³-hybridized carbons (Fsp3) is 0.294. The molecule has 0 saturated carbocycles. The Bertz CT molecular complexity index is 616. The van der Waals surface area contributed by atoms with Crippen molar-refractivity contribution in [2.24, 2.45) is 0 Å². The van der Waals surface area contributed by atoms with Crippen molar-refractivity contribution in [3.05, 3.63) is 57.6 Å². The molecule has 0 bridgehead atoms. The molecular formula is C17H18BrNO. The van der Waals surface area contributed by atoms with E-state index in [0.717, 1.165) is 23.2 Å². The van der Waals surface area contributed by atoms with Gasteiger partial charge >= 0.3 is 0 Å². The fourth-order valence-corrected chi connectivity index (χ4v) is 3.49. The molecule has 1 unspecified atom stereocenters. The van der Waals surface area contributed by atoms with Gasteiger partial charge in [0.1, 0.15) is 5.75 Å². The highest BCUT2D eigenvalue weighted by atomic mass is 79.9. The van der Waals surface area contributed by atoms with Crippen LogP contribution in [0.5, 0.6) is 5.75 Å². The van der Waals surface area contributed by atoms with Crippen LogP contribution < -0.4 is 10.1 Å². The van der Waals surface area contributed by atoms with E-state index in [1.54, 1.807) is 0 Å². The summed E-state index contributed by atoms with van der Waals surface area (Å²) in [4.78, 5) is 0. The summed E-state index contributed by atoms with van der Waals surface area (Å²) in [6.07, 6.45) is 0.992. The molecule has 3 rings (SSSR count). The molecule has 0 fully saturated rings. The average molecular weight is 332 g/mol. The Morgan fingerprint density at radius 1 is 1.15 bits per heavy atom. The highest BCUT2D eigenvalue weighted by molar-refractivity contribution is 9.10. The van der Waals surface area contributed by atoms with Crippen molar-refractivity contribution in [3.63, 3.8) is 0 Å². The zero-order chi connectivity index (χ0) is 14.1. The summed E-state index contributed by atoms with van der Waals surface area (Å²) in [5.74, 6) is 1.00. The number of halogens is 1. The molecule has 0 saturated heterocycles. The van der Waals surface area contributed by atoms with Crippen LogP contribution in [0.3, 0.4) is 0 Å². The van der Waals surface area contributed by atoms with E-state index < -0.39 is 0 Å². The third-order valence-electron chi connectivity index (χ3n) is 3.77. The number of anilines is 1. The van der Waals surface area contributed by atoms with E-state index in [1.165, 1.54) is 22.4 Å². The first kappa shape index (κ1) is 13.5. The molecule has 3 heteroatoms. The number of hydrogen-bond donors (Lipinski definition) is 1. The van der Waals surface area contributed by atoms with E-state index in [1.807, 2.05) is 12.1 Å². The van der Waals surface area contributed by atoms with Crippen LogP contribution in [-0.4, -0.2) is 6.61 Å². The minimum atomic E-state index is 0.318. The molecule has 104 valence electrons. The molecule has 1 N–H and O–H groups in total. The third kappa shape index (κ3) is 2.55. The van der Waals surface area contributed by atoms with Crippen molar-refractivity contribution in [2.45, 2.75) is 26.3 Å². The largest absolute Gasteiger partial charge is 0.493 e. The van der Waals surface area contributed by atoms with Crippen LogP contribution in [0.4, 0.5) is 5.69 Å². The number of nitrogens with one attached hydrogen (secondary N) is 1. The Morgan fingerprint density at radius 2 is 1.85 bits per heavy atom. The summed E-state index contributed by atoms with van der Waals surface area (Å²) in [5, 5.41) is 3.70. The maximum absolute atomic E-state index is 5.72. The van der Waals surface area contributed by atoms with Gasteiger partial charge in [0.15, 0.2) is 0 Å². The number of benzene rings is 2. The number of para-hydroxylation sites is 1. The van der Waals surface area contributed by atoms with E-state index in [2.05, 4.69) is 59.4 Å². The van der Waals surface area contributed by atoms with Gasteiger partial charge in [-0.3, -0.25) is 0 Å². The van der Waals surface area contributed by atoms with Gasteiger partial charge in [-0.2, -0.15) is 0 Å². The van der Waals surface area contributed by atoms with E-state index in [0.29, 0.717) is 6.04 Å². The number of rotatable bonds is 2. The zero-order valence-electron chi connectivity index (χ0n) is 11.7. The molecule has 2 aromatic carbocycles. The molecule has 0 aliphatic carbocycles. The lowest BCUT2D eigenvalue weighted by Crippen LogP contribution is -2.21. The van der Waals surface area contributed by atoms with E-state index >= 15 is 0 Å². The molecule has 1 heterocycles. The van der Waals surface area contributed by atoms with E-state index in [9.17, 15) is 0 Å². The molecule has 0 aromatic heterocycles. The summed E-state index contributed by atoms with van der Waals surface area (Å²) >= 11 is 3.55. The second-order valence-electron chi connectivity index (χ2n) is 5.29. The number of fused-ring (bicyclic) bond motifs is 1. The van der Waals surface area contributed by atoms with Gasteiger partial charge in [0.05, 0.1) is 12.6 Å². The van der Waals surface area contributed by atoms with Crippen molar-refractivity contribution >= 4 is 21.6 Å². The predicted molar refractivity (Wildman–Crippen MR) is 86.5 cm³/mol. The van der Waals surface area contributed by atoms with Crippen LogP contribution in [-0.2, 0) is 0 Å². The van der Waals surface area contributed by atoms with Crippen LogP contribution >= 0.6 is 15.9 Å². The molecule has 0 radical (unpaired) electrons. The molecule has 1 aliphatic rings. The highest BCUT2D eigenvalue weighted by Crippen LogP contribution is 2.36. The minimum Gasteiger partial charge on any atom is -0.493 e. The molecule has 0 spiro atoms. The molecule has 20 heavy (non-hydrogen) atoms. The zero-order valence-corrected chi connectivity index (χ0v) is 13.3. The van der Waals surface area contributed by atoms with Gasteiger partial charge < -0.3 is 10.1 Å². The lowest BCUT2D eigenvalue weighted by molar-refractivity contribution is 0.274. The number of hydrogen-bond acceptors (Lipinski definition) is 2. The maximum atomic E-state index is 5.72. The highest BCUT2D eigenvalue weighted by Gasteiger charge is 2.21. The van der Waals surface area contributed by atoms with Crippen molar-refractivity contribution in [3.8, 4) is 5.75 Å². The predicted octanol–water partition coefficient (Wildman–Crippen LogP) is 5.00. The van der Waals surface area contributed by atoms with Crippen LogP contribution in [0.2, 0.25) is 0 Å². The standard InChI is InChI=1S/C17H18BrNO/c1-11-9-13(18)10-12(2)17(11)19-15-7-8-20-16-6-4-3-5-14(15)16/h3-6,9-10,15,19H,7-8H2,1-2H3. The third-order valence-corrected chi connectivity index (χ3v) is 4.23. The molecule has 1 atom stereocenters. The van der Waals surface area contributed by atoms with Gasteiger partial charge in [-0.25, -0.2) is 0 Å². The van der Waals surface area contributed by atoms with Crippen LogP contribution in [0.25, 0.3) is 0 Å². The first-order valence-corrected chi connectivity index (χ1v) is 7.69. The topological polar surface area (TPSA) is 21.3 Å².